The number of hydrogen-bond acceptors (Lipinski definition) is 6. The summed E-state index contributed by atoms with van der Waals surface area (Å²) in [6.45, 7) is 2.10. The smallest absolute Gasteiger partial charge is 0.305 e. The van der Waals surface area contributed by atoms with Crippen LogP contribution in [0.1, 0.15) is 39.0 Å². The van der Waals surface area contributed by atoms with Crippen LogP contribution in [0.5, 0.6) is 11.5 Å². The number of non-ortho nitro benzene ring substituents is 1. The Morgan fingerprint density at radius 1 is 1.33 bits per heavy atom. The van der Waals surface area contributed by atoms with Crippen molar-refractivity contribution in [2.24, 2.45) is 5.92 Å². The molecule has 0 amide bonds. The topological polar surface area (TPSA) is 87.9 Å². The molecule has 0 radical (unpaired) electrons. The van der Waals surface area contributed by atoms with Crippen molar-refractivity contribution < 1.29 is 23.9 Å². The standard InChI is InChI=1S/C17H23NO6/c1-12(9-17(19)22-2)11-23-16-10-13(18(20)21)7-8-15(16)24-14-5-3-4-6-14/h7-8,10,12,14H,3-6,9,11H2,1-2H3. The molecule has 1 unspecified atom stereocenters. The number of ether oxygens (including phenoxy) is 3. The molecule has 0 heterocycles. The van der Waals surface area contributed by atoms with Crippen molar-refractivity contribution in [3.05, 3.63) is 28.3 Å². The van der Waals surface area contributed by atoms with Crippen molar-refractivity contribution in [3.8, 4) is 11.5 Å². The molecule has 0 aliphatic heterocycles. The molecule has 0 bridgehead atoms. The number of hydrogen-bond donors (Lipinski definition) is 0. The van der Waals surface area contributed by atoms with Gasteiger partial charge in [0.25, 0.3) is 5.69 Å². The van der Waals surface area contributed by atoms with E-state index in [0.29, 0.717) is 11.5 Å². The quantitative estimate of drug-likeness (QED) is 0.410. The lowest BCUT2D eigenvalue weighted by Crippen LogP contribution is -2.16. The molecule has 1 aliphatic rings. The van der Waals surface area contributed by atoms with E-state index in [4.69, 9.17) is 9.47 Å². The first-order valence-corrected chi connectivity index (χ1v) is 8.14. The number of carbonyl (C=O) groups excluding carboxylic acids is 1. The molecular formula is C17H23NO6. The van der Waals surface area contributed by atoms with Crippen molar-refractivity contribution in [1.29, 1.82) is 0 Å². The highest BCUT2D eigenvalue weighted by molar-refractivity contribution is 5.69. The molecule has 0 saturated heterocycles. The minimum absolute atomic E-state index is 0.0515. The van der Waals surface area contributed by atoms with Crippen LogP contribution in [0.15, 0.2) is 18.2 Å². The molecule has 0 spiro atoms. The summed E-state index contributed by atoms with van der Waals surface area (Å²) >= 11 is 0. The molecule has 1 aliphatic carbocycles. The Hall–Kier alpha value is -2.31. The molecule has 2 rings (SSSR count). The molecule has 1 saturated carbocycles. The van der Waals surface area contributed by atoms with Gasteiger partial charge in [0, 0.05) is 12.0 Å². The number of methoxy groups -OCH3 is 1. The maximum absolute atomic E-state index is 11.3. The highest BCUT2D eigenvalue weighted by Crippen LogP contribution is 2.35. The van der Waals surface area contributed by atoms with Crippen LogP contribution in [0.2, 0.25) is 0 Å². The van der Waals surface area contributed by atoms with Crippen molar-refractivity contribution in [2.75, 3.05) is 13.7 Å². The molecule has 24 heavy (non-hydrogen) atoms. The summed E-state index contributed by atoms with van der Waals surface area (Å²) in [6, 6.07) is 4.36. The lowest BCUT2D eigenvalue weighted by molar-refractivity contribution is -0.385. The zero-order valence-electron chi connectivity index (χ0n) is 14.0. The lowest BCUT2D eigenvalue weighted by Gasteiger charge is -2.18. The number of benzene rings is 1. The Balaban J connectivity index is 2.06. The van der Waals surface area contributed by atoms with Gasteiger partial charge in [-0.3, -0.25) is 14.9 Å². The van der Waals surface area contributed by atoms with E-state index < -0.39 is 4.92 Å². The van der Waals surface area contributed by atoms with Crippen molar-refractivity contribution in [3.63, 3.8) is 0 Å². The van der Waals surface area contributed by atoms with Gasteiger partial charge in [0.1, 0.15) is 0 Å². The minimum atomic E-state index is -0.468. The van der Waals surface area contributed by atoms with Crippen LogP contribution in [0.3, 0.4) is 0 Å². The Bertz CT molecular complexity index is 582. The average Bonchev–Trinajstić information content (AvgIpc) is 3.06. The summed E-state index contributed by atoms with van der Waals surface area (Å²) < 4.78 is 16.3. The summed E-state index contributed by atoms with van der Waals surface area (Å²) in [5.74, 6) is 0.467. The van der Waals surface area contributed by atoms with Gasteiger partial charge in [-0.2, -0.15) is 0 Å². The number of rotatable bonds is 8. The van der Waals surface area contributed by atoms with E-state index in [2.05, 4.69) is 4.74 Å². The maximum atomic E-state index is 11.3. The van der Waals surface area contributed by atoms with Gasteiger partial charge in [0.15, 0.2) is 11.5 Å². The highest BCUT2D eigenvalue weighted by Gasteiger charge is 2.21. The first kappa shape index (κ1) is 18.0. The predicted molar refractivity (Wildman–Crippen MR) is 87.3 cm³/mol. The van der Waals surface area contributed by atoms with Gasteiger partial charge in [0.05, 0.1) is 37.2 Å². The van der Waals surface area contributed by atoms with Gasteiger partial charge in [0.2, 0.25) is 0 Å². The van der Waals surface area contributed by atoms with Crippen LogP contribution in [-0.2, 0) is 9.53 Å². The van der Waals surface area contributed by atoms with Gasteiger partial charge < -0.3 is 14.2 Å². The van der Waals surface area contributed by atoms with Crippen LogP contribution in [0.25, 0.3) is 0 Å². The highest BCUT2D eigenvalue weighted by atomic mass is 16.6. The Labute approximate surface area is 141 Å². The van der Waals surface area contributed by atoms with Crippen LogP contribution < -0.4 is 9.47 Å². The second-order valence-electron chi connectivity index (χ2n) is 6.11. The van der Waals surface area contributed by atoms with E-state index in [-0.39, 0.29) is 36.7 Å². The van der Waals surface area contributed by atoms with Crippen LogP contribution >= 0.6 is 0 Å². The van der Waals surface area contributed by atoms with E-state index >= 15 is 0 Å². The van der Waals surface area contributed by atoms with Crippen molar-refractivity contribution in [1.82, 2.24) is 0 Å². The third kappa shape index (κ3) is 5.11. The van der Waals surface area contributed by atoms with Crippen molar-refractivity contribution in [2.45, 2.75) is 45.1 Å². The van der Waals surface area contributed by atoms with Gasteiger partial charge in [-0.05, 0) is 31.7 Å². The van der Waals surface area contributed by atoms with Gasteiger partial charge in [-0.15, -0.1) is 0 Å². The molecule has 1 atom stereocenters. The molecule has 7 nitrogen and oxygen atoms in total. The molecule has 7 heteroatoms. The Morgan fingerprint density at radius 3 is 2.67 bits per heavy atom. The summed E-state index contributed by atoms with van der Waals surface area (Å²) in [5.41, 5.74) is -0.0515. The minimum Gasteiger partial charge on any atom is -0.489 e. The fraction of sp³-hybridized carbons (Fsp3) is 0.588. The van der Waals surface area contributed by atoms with Gasteiger partial charge in [-0.1, -0.05) is 6.92 Å². The lowest BCUT2D eigenvalue weighted by atomic mass is 10.1. The zero-order chi connectivity index (χ0) is 17.5. The molecular weight excluding hydrogens is 314 g/mol. The van der Waals surface area contributed by atoms with E-state index in [1.54, 1.807) is 6.07 Å². The summed E-state index contributed by atoms with van der Waals surface area (Å²) in [4.78, 5) is 21.8. The largest absolute Gasteiger partial charge is 0.489 e. The van der Waals surface area contributed by atoms with Crippen LogP contribution in [0, 0.1) is 16.0 Å². The molecule has 1 aromatic carbocycles. The summed E-state index contributed by atoms with van der Waals surface area (Å²) in [7, 11) is 1.34. The van der Waals surface area contributed by atoms with E-state index in [1.807, 2.05) is 6.92 Å². The van der Waals surface area contributed by atoms with E-state index in [1.165, 1.54) is 19.2 Å². The zero-order valence-corrected chi connectivity index (χ0v) is 14.0. The Morgan fingerprint density at radius 2 is 2.04 bits per heavy atom. The number of nitro groups is 1. The first-order valence-electron chi connectivity index (χ1n) is 8.14. The summed E-state index contributed by atoms with van der Waals surface area (Å²) in [5, 5.41) is 11.0. The van der Waals surface area contributed by atoms with Crippen LogP contribution in [-0.4, -0.2) is 30.7 Å². The molecule has 0 aromatic heterocycles. The normalized spacial score (nSPS) is 15.8. The second-order valence-corrected chi connectivity index (χ2v) is 6.11. The maximum Gasteiger partial charge on any atom is 0.305 e. The molecule has 132 valence electrons. The van der Waals surface area contributed by atoms with Gasteiger partial charge in [-0.25, -0.2) is 0 Å². The fourth-order valence-corrected chi connectivity index (χ4v) is 2.67. The summed E-state index contributed by atoms with van der Waals surface area (Å²) in [6.07, 6.45) is 4.57. The number of nitrogens with zero attached hydrogens (tertiary/aromatic N) is 1. The second kappa shape index (κ2) is 8.52. The first-order chi connectivity index (χ1) is 11.5. The number of carbonyl (C=O) groups is 1. The SMILES string of the molecule is COC(=O)CC(C)COc1cc([N+](=O)[O-])ccc1OC1CCCC1. The van der Waals surface area contributed by atoms with E-state index in [0.717, 1.165) is 25.7 Å². The number of esters is 1. The fourth-order valence-electron chi connectivity index (χ4n) is 2.67. The molecule has 1 aromatic rings. The number of nitro benzene ring substituents is 1. The van der Waals surface area contributed by atoms with Gasteiger partial charge >= 0.3 is 5.97 Å². The molecule has 1 fully saturated rings. The third-order valence-electron chi connectivity index (χ3n) is 4.00. The Kier molecular flexibility index (Phi) is 6.40. The van der Waals surface area contributed by atoms with Crippen molar-refractivity contribution >= 4 is 11.7 Å². The monoisotopic (exact) mass is 337 g/mol. The predicted octanol–water partition coefficient (Wildman–Crippen LogP) is 3.49. The van der Waals surface area contributed by atoms with E-state index in [9.17, 15) is 14.9 Å². The average molecular weight is 337 g/mol. The van der Waals surface area contributed by atoms with Crippen LogP contribution in [0.4, 0.5) is 5.69 Å². The third-order valence-corrected chi connectivity index (χ3v) is 4.00. The molecule has 0 N–H and O–H groups in total.